The van der Waals surface area contributed by atoms with Crippen molar-refractivity contribution >= 4 is 0 Å². The van der Waals surface area contributed by atoms with E-state index < -0.39 is 0 Å². The first-order valence-corrected chi connectivity index (χ1v) is 7.37. The molecule has 23 heavy (non-hydrogen) atoms. The lowest BCUT2D eigenvalue weighted by Crippen LogP contribution is -2.13. The number of methoxy groups -OCH3 is 1. The average Bonchev–Trinajstić information content (AvgIpc) is 2.60. The second-order valence-corrected chi connectivity index (χ2v) is 4.97. The van der Waals surface area contributed by atoms with Gasteiger partial charge in [-0.15, -0.1) is 0 Å². The van der Waals surface area contributed by atoms with Gasteiger partial charge in [-0.25, -0.2) is 0 Å². The van der Waals surface area contributed by atoms with Crippen LogP contribution in [0.1, 0.15) is 16.7 Å². The summed E-state index contributed by atoms with van der Waals surface area (Å²) >= 11 is 0. The number of rotatable bonds is 8. The smallest absolute Gasteiger partial charge is 0.161 e. The molecule has 0 atom stereocenters. The number of ether oxygens (including phenoxy) is 2. The van der Waals surface area contributed by atoms with E-state index in [4.69, 9.17) is 19.8 Å². The van der Waals surface area contributed by atoms with E-state index in [0.29, 0.717) is 30.2 Å². The molecule has 0 radical (unpaired) electrons. The molecule has 2 rings (SSSR count). The Morgan fingerprint density at radius 1 is 1.09 bits per heavy atom. The highest BCUT2D eigenvalue weighted by molar-refractivity contribution is 5.43. The Hall–Kier alpha value is -2.55. The van der Waals surface area contributed by atoms with E-state index in [1.807, 2.05) is 36.4 Å². The van der Waals surface area contributed by atoms with Crippen LogP contribution in [0.5, 0.6) is 11.5 Å². The van der Waals surface area contributed by atoms with E-state index in [1.165, 1.54) is 0 Å². The van der Waals surface area contributed by atoms with Crippen LogP contribution in [0, 0.1) is 11.3 Å². The third-order valence-corrected chi connectivity index (χ3v) is 3.29. The van der Waals surface area contributed by atoms with Crippen molar-refractivity contribution in [3.63, 3.8) is 0 Å². The molecule has 5 nitrogen and oxygen atoms in total. The molecule has 0 saturated heterocycles. The lowest BCUT2D eigenvalue weighted by molar-refractivity contribution is 0.196. The fourth-order valence-electron chi connectivity index (χ4n) is 2.20. The summed E-state index contributed by atoms with van der Waals surface area (Å²) in [6, 6.07) is 15.4. The first kappa shape index (κ1) is 16.8. The van der Waals surface area contributed by atoms with Gasteiger partial charge in [0, 0.05) is 13.1 Å². The van der Waals surface area contributed by atoms with Gasteiger partial charge in [0.2, 0.25) is 0 Å². The lowest BCUT2D eigenvalue weighted by atomic mass is 10.1. The van der Waals surface area contributed by atoms with Crippen molar-refractivity contribution in [2.75, 3.05) is 20.3 Å². The van der Waals surface area contributed by atoms with Crippen LogP contribution in [0.2, 0.25) is 0 Å². The summed E-state index contributed by atoms with van der Waals surface area (Å²) in [6.07, 6.45) is 0. The molecule has 0 unspecified atom stereocenters. The fourth-order valence-corrected chi connectivity index (χ4v) is 2.20. The van der Waals surface area contributed by atoms with Crippen molar-refractivity contribution in [1.82, 2.24) is 5.32 Å². The molecule has 120 valence electrons. The Bertz CT molecular complexity index is 680. The zero-order valence-electron chi connectivity index (χ0n) is 13.1. The van der Waals surface area contributed by atoms with Gasteiger partial charge in [0.15, 0.2) is 11.5 Å². The number of hydrogen-bond donors (Lipinski definition) is 2. The molecule has 0 fully saturated rings. The van der Waals surface area contributed by atoms with Crippen molar-refractivity contribution < 1.29 is 14.6 Å². The van der Waals surface area contributed by atoms with Gasteiger partial charge in [0.1, 0.15) is 6.61 Å². The summed E-state index contributed by atoms with van der Waals surface area (Å²) in [5, 5.41) is 21.0. The van der Waals surface area contributed by atoms with Gasteiger partial charge >= 0.3 is 0 Å². The van der Waals surface area contributed by atoms with Crippen molar-refractivity contribution in [2.45, 2.75) is 13.1 Å². The van der Waals surface area contributed by atoms with E-state index in [0.717, 1.165) is 11.1 Å². The number of benzene rings is 2. The lowest BCUT2D eigenvalue weighted by Gasteiger charge is -2.12. The minimum Gasteiger partial charge on any atom is -0.493 e. The highest BCUT2D eigenvalue weighted by Crippen LogP contribution is 2.28. The van der Waals surface area contributed by atoms with Gasteiger partial charge in [-0.2, -0.15) is 5.26 Å². The van der Waals surface area contributed by atoms with Crippen molar-refractivity contribution in [3.05, 3.63) is 59.2 Å². The SMILES string of the molecule is COc1cc(CNCc2cccc(C#N)c2)ccc1OCCO. The van der Waals surface area contributed by atoms with Gasteiger partial charge in [0.25, 0.3) is 0 Å². The van der Waals surface area contributed by atoms with Crippen LogP contribution in [-0.2, 0) is 13.1 Å². The van der Waals surface area contributed by atoms with Gasteiger partial charge in [-0.3, -0.25) is 0 Å². The summed E-state index contributed by atoms with van der Waals surface area (Å²) in [7, 11) is 1.59. The number of aliphatic hydroxyl groups excluding tert-OH is 1. The van der Waals surface area contributed by atoms with Gasteiger partial charge < -0.3 is 19.9 Å². The number of aliphatic hydroxyl groups is 1. The first-order valence-electron chi connectivity index (χ1n) is 7.37. The molecule has 2 aromatic carbocycles. The number of hydrogen-bond acceptors (Lipinski definition) is 5. The third kappa shape index (κ3) is 4.99. The second-order valence-electron chi connectivity index (χ2n) is 4.97. The average molecular weight is 312 g/mol. The second kappa shape index (κ2) is 8.79. The highest BCUT2D eigenvalue weighted by atomic mass is 16.5. The Kier molecular flexibility index (Phi) is 6.42. The molecule has 0 aromatic heterocycles. The Balaban J connectivity index is 1.93. The molecular formula is C18H20N2O3. The Morgan fingerprint density at radius 3 is 2.57 bits per heavy atom. The summed E-state index contributed by atoms with van der Waals surface area (Å²) in [5.41, 5.74) is 2.80. The summed E-state index contributed by atoms with van der Waals surface area (Å²) in [6.45, 7) is 1.56. The molecule has 5 heteroatoms. The topological polar surface area (TPSA) is 74.5 Å². The molecule has 0 aliphatic rings. The van der Waals surface area contributed by atoms with Crippen LogP contribution >= 0.6 is 0 Å². The van der Waals surface area contributed by atoms with Gasteiger partial charge in [-0.1, -0.05) is 18.2 Å². The molecule has 2 N–H and O–H groups in total. The fraction of sp³-hybridized carbons (Fsp3) is 0.278. The minimum absolute atomic E-state index is 0.0335. The van der Waals surface area contributed by atoms with Gasteiger partial charge in [-0.05, 0) is 35.4 Å². The Labute approximate surface area is 136 Å². The molecule has 0 aliphatic heterocycles. The molecule has 0 bridgehead atoms. The quantitative estimate of drug-likeness (QED) is 0.782. The van der Waals surface area contributed by atoms with Crippen molar-refractivity contribution in [1.29, 1.82) is 5.26 Å². The van der Waals surface area contributed by atoms with Crippen LogP contribution in [-0.4, -0.2) is 25.4 Å². The predicted molar refractivity (Wildman–Crippen MR) is 87.3 cm³/mol. The van der Waals surface area contributed by atoms with E-state index in [9.17, 15) is 0 Å². The maximum absolute atomic E-state index is 8.90. The first-order chi connectivity index (χ1) is 11.3. The molecule has 0 aliphatic carbocycles. The number of nitrogens with one attached hydrogen (secondary N) is 1. The zero-order valence-corrected chi connectivity index (χ0v) is 13.1. The molecule has 0 saturated carbocycles. The monoisotopic (exact) mass is 312 g/mol. The van der Waals surface area contributed by atoms with Crippen LogP contribution in [0.25, 0.3) is 0 Å². The summed E-state index contributed by atoms with van der Waals surface area (Å²) < 4.78 is 10.7. The van der Waals surface area contributed by atoms with E-state index >= 15 is 0 Å². The molecular weight excluding hydrogens is 292 g/mol. The summed E-state index contributed by atoms with van der Waals surface area (Å²) in [5.74, 6) is 1.26. The zero-order chi connectivity index (χ0) is 16.5. The largest absolute Gasteiger partial charge is 0.493 e. The van der Waals surface area contributed by atoms with Crippen LogP contribution in [0.3, 0.4) is 0 Å². The molecule has 0 heterocycles. The third-order valence-electron chi connectivity index (χ3n) is 3.29. The van der Waals surface area contributed by atoms with E-state index in [-0.39, 0.29) is 13.2 Å². The van der Waals surface area contributed by atoms with E-state index in [1.54, 1.807) is 13.2 Å². The van der Waals surface area contributed by atoms with Gasteiger partial charge in [0.05, 0.1) is 25.3 Å². The molecule has 0 amide bonds. The normalized spacial score (nSPS) is 10.1. The van der Waals surface area contributed by atoms with Crippen LogP contribution in [0.4, 0.5) is 0 Å². The maximum atomic E-state index is 8.90. The maximum Gasteiger partial charge on any atom is 0.161 e. The summed E-state index contributed by atoms with van der Waals surface area (Å²) in [4.78, 5) is 0. The minimum atomic E-state index is -0.0335. The number of nitrogens with zero attached hydrogens (tertiary/aromatic N) is 1. The van der Waals surface area contributed by atoms with Crippen molar-refractivity contribution in [2.24, 2.45) is 0 Å². The molecule has 0 spiro atoms. The van der Waals surface area contributed by atoms with E-state index in [2.05, 4.69) is 11.4 Å². The van der Waals surface area contributed by atoms with Crippen LogP contribution in [0.15, 0.2) is 42.5 Å². The standard InChI is InChI=1S/C18H20N2O3/c1-22-18-10-16(5-6-17(18)23-8-7-21)13-20-12-15-4-2-3-14(9-15)11-19/h2-6,9-10,20-21H,7-8,12-13H2,1H3. The molecule has 2 aromatic rings. The number of nitriles is 1. The highest BCUT2D eigenvalue weighted by Gasteiger charge is 2.05. The Morgan fingerprint density at radius 2 is 1.87 bits per heavy atom. The van der Waals surface area contributed by atoms with Crippen LogP contribution < -0.4 is 14.8 Å². The van der Waals surface area contributed by atoms with Crippen molar-refractivity contribution in [3.8, 4) is 17.6 Å². The predicted octanol–water partition coefficient (Wildman–Crippen LogP) is 2.23.